The zero-order valence-corrected chi connectivity index (χ0v) is 17.6. The van der Waals surface area contributed by atoms with Gasteiger partial charge in [-0.25, -0.2) is 9.97 Å². The lowest BCUT2D eigenvalue weighted by Crippen LogP contribution is -2.34. The third-order valence-corrected chi connectivity index (χ3v) is 5.02. The topological polar surface area (TPSA) is 67.4 Å². The molecule has 0 radical (unpaired) electrons. The Morgan fingerprint density at radius 1 is 0.935 bits per heavy atom. The van der Waals surface area contributed by atoms with E-state index in [1.807, 2.05) is 90.7 Å². The van der Waals surface area contributed by atoms with E-state index in [4.69, 9.17) is 14.7 Å². The number of anilines is 2. The third-order valence-electron chi connectivity index (χ3n) is 5.02. The lowest BCUT2D eigenvalue weighted by molar-refractivity contribution is -0.115. The van der Waals surface area contributed by atoms with Crippen molar-refractivity contribution in [2.45, 2.75) is 6.92 Å². The number of ether oxygens (including phenoxy) is 1. The van der Waals surface area contributed by atoms with Crippen LogP contribution in [0.4, 0.5) is 11.6 Å². The second-order valence-electron chi connectivity index (χ2n) is 7.02. The van der Waals surface area contributed by atoms with Crippen molar-refractivity contribution in [1.29, 1.82) is 0 Å². The number of carbonyl (C=O) groups is 1. The molecular weight excluding hydrogens is 388 g/mol. The summed E-state index contributed by atoms with van der Waals surface area (Å²) in [6.45, 7) is 2.70. The molecule has 31 heavy (non-hydrogen) atoms. The van der Waals surface area contributed by atoms with Crippen LogP contribution in [0.25, 0.3) is 22.2 Å². The molecule has 0 aliphatic rings. The predicted molar refractivity (Wildman–Crippen MR) is 124 cm³/mol. The van der Waals surface area contributed by atoms with Crippen molar-refractivity contribution in [1.82, 2.24) is 9.97 Å². The van der Waals surface area contributed by atoms with E-state index in [0.717, 1.165) is 22.2 Å². The largest absolute Gasteiger partial charge is 0.495 e. The molecule has 156 valence electrons. The number of hydrogen-bond acceptors (Lipinski definition) is 5. The van der Waals surface area contributed by atoms with Crippen LogP contribution in [0.2, 0.25) is 0 Å². The number of para-hydroxylation sites is 3. The van der Waals surface area contributed by atoms with Gasteiger partial charge in [-0.05, 0) is 25.1 Å². The van der Waals surface area contributed by atoms with Crippen molar-refractivity contribution >= 4 is 28.4 Å². The second kappa shape index (κ2) is 9.26. The van der Waals surface area contributed by atoms with Gasteiger partial charge in [0.2, 0.25) is 11.9 Å². The van der Waals surface area contributed by atoms with Crippen molar-refractivity contribution < 1.29 is 9.53 Å². The van der Waals surface area contributed by atoms with Gasteiger partial charge in [0.15, 0.2) is 0 Å². The van der Waals surface area contributed by atoms with Crippen LogP contribution in [-0.2, 0) is 4.79 Å². The van der Waals surface area contributed by atoms with E-state index < -0.39 is 0 Å². The summed E-state index contributed by atoms with van der Waals surface area (Å²) in [6.07, 6.45) is 0. The summed E-state index contributed by atoms with van der Waals surface area (Å²) in [7, 11) is 1.58. The van der Waals surface area contributed by atoms with Crippen LogP contribution in [-0.4, -0.2) is 36.1 Å². The molecule has 0 saturated carbocycles. The summed E-state index contributed by atoms with van der Waals surface area (Å²) >= 11 is 0. The number of hydrogen-bond donors (Lipinski definition) is 1. The van der Waals surface area contributed by atoms with Gasteiger partial charge < -0.3 is 15.0 Å². The van der Waals surface area contributed by atoms with E-state index in [-0.39, 0.29) is 12.5 Å². The molecule has 0 aliphatic carbocycles. The van der Waals surface area contributed by atoms with Gasteiger partial charge in [-0.1, -0.05) is 60.7 Å². The first kappa shape index (κ1) is 20.3. The average molecular weight is 412 g/mol. The van der Waals surface area contributed by atoms with E-state index in [2.05, 4.69) is 5.32 Å². The Morgan fingerprint density at radius 2 is 1.65 bits per heavy atom. The van der Waals surface area contributed by atoms with Gasteiger partial charge in [0.1, 0.15) is 12.3 Å². The maximum atomic E-state index is 12.8. The van der Waals surface area contributed by atoms with Gasteiger partial charge in [0.05, 0.1) is 24.0 Å². The molecule has 4 rings (SSSR count). The highest BCUT2D eigenvalue weighted by molar-refractivity contribution is 5.96. The van der Waals surface area contributed by atoms with Crippen LogP contribution in [0.15, 0.2) is 78.9 Å². The fraction of sp³-hybridized carbons (Fsp3) is 0.160. The van der Waals surface area contributed by atoms with Gasteiger partial charge in [-0.3, -0.25) is 4.79 Å². The van der Waals surface area contributed by atoms with Gasteiger partial charge in [0.25, 0.3) is 0 Å². The van der Waals surface area contributed by atoms with Crippen molar-refractivity contribution in [3.63, 3.8) is 0 Å². The Labute approximate surface area is 181 Å². The number of rotatable bonds is 7. The highest BCUT2D eigenvalue weighted by Crippen LogP contribution is 2.28. The molecule has 0 fully saturated rings. The fourth-order valence-corrected chi connectivity index (χ4v) is 3.46. The first-order chi connectivity index (χ1) is 15.2. The first-order valence-electron chi connectivity index (χ1n) is 10.2. The van der Waals surface area contributed by atoms with Crippen molar-refractivity contribution in [2.24, 2.45) is 0 Å². The standard InChI is InChI=1S/C25H24N4O2/c1-3-29(17-23(30)26-21-15-9-10-16-22(21)31-2)25-27-20-14-8-7-13-19(20)24(28-25)18-11-5-4-6-12-18/h4-16H,3,17H2,1-2H3,(H,26,30). The van der Waals surface area contributed by atoms with E-state index >= 15 is 0 Å². The summed E-state index contributed by atoms with van der Waals surface area (Å²) in [5, 5.41) is 3.90. The van der Waals surface area contributed by atoms with E-state index in [1.54, 1.807) is 7.11 Å². The SMILES string of the molecule is CCN(CC(=O)Nc1ccccc1OC)c1nc(-c2ccccc2)c2ccccc2n1. The normalized spacial score (nSPS) is 10.6. The van der Waals surface area contributed by atoms with Crippen molar-refractivity contribution in [3.05, 3.63) is 78.9 Å². The molecule has 1 N–H and O–H groups in total. The number of aromatic nitrogens is 2. The number of methoxy groups -OCH3 is 1. The lowest BCUT2D eigenvalue weighted by Gasteiger charge is -2.22. The Morgan fingerprint density at radius 3 is 2.42 bits per heavy atom. The molecule has 1 heterocycles. The fourth-order valence-electron chi connectivity index (χ4n) is 3.46. The van der Waals surface area contributed by atoms with Crippen LogP contribution in [0, 0.1) is 0 Å². The Balaban J connectivity index is 1.65. The molecule has 1 amide bonds. The predicted octanol–water partition coefficient (Wildman–Crippen LogP) is 4.77. The molecule has 4 aromatic rings. The van der Waals surface area contributed by atoms with Crippen LogP contribution in [0.3, 0.4) is 0 Å². The monoisotopic (exact) mass is 412 g/mol. The van der Waals surface area contributed by atoms with E-state index in [9.17, 15) is 4.79 Å². The number of likely N-dealkylation sites (N-methyl/N-ethyl adjacent to an activating group) is 1. The summed E-state index contributed by atoms with van der Waals surface area (Å²) < 4.78 is 5.32. The zero-order chi connectivity index (χ0) is 21.6. The summed E-state index contributed by atoms with van der Waals surface area (Å²) in [5.74, 6) is 0.979. The average Bonchev–Trinajstić information content (AvgIpc) is 2.82. The molecule has 0 unspecified atom stereocenters. The van der Waals surface area contributed by atoms with Gasteiger partial charge in [-0.15, -0.1) is 0 Å². The first-order valence-corrected chi connectivity index (χ1v) is 10.2. The highest BCUT2D eigenvalue weighted by Gasteiger charge is 2.17. The molecule has 0 saturated heterocycles. The van der Waals surface area contributed by atoms with E-state index in [0.29, 0.717) is 23.9 Å². The quantitative estimate of drug-likeness (QED) is 0.474. The summed E-state index contributed by atoms with van der Waals surface area (Å²) in [6, 6.07) is 25.3. The van der Waals surface area contributed by atoms with Gasteiger partial charge in [-0.2, -0.15) is 0 Å². The molecule has 6 nitrogen and oxygen atoms in total. The number of carbonyl (C=O) groups excluding carboxylic acids is 1. The van der Waals surface area contributed by atoms with Crippen LogP contribution >= 0.6 is 0 Å². The number of benzene rings is 3. The van der Waals surface area contributed by atoms with E-state index in [1.165, 1.54) is 0 Å². The Bertz CT molecular complexity index is 1190. The number of amides is 1. The van der Waals surface area contributed by atoms with Crippen molar-refractivity contribution in [2.75, 3.05) is 30.4 Å². The molecular formula is C25H24N4O2. The minimum Gasteiger partial charge on any atom is -0.495 e. The van der Waals surface area contributed by atoms with Crippen LogP contribution in [0.1, 0.15) is 6.92 Å². The number of nitrogens with one attached hydrogen (secondary N) is 1. The zero-order valence-electron chi connectivity index (χ0n) is 17.6. The molecule has 3 aromatic carbocycles. The Hall–Kier alpha value is -3.93. The lowest BCUT2D eigenvalue weighted by atomic mass is 10.1. The van der Waals surface area contributed by atoms with Gasteiger partial charge >= 0.3 is 0 Å². The molecule has 0 spiro atoms. The maximum absolute atomic E-state index is 12.8. The molecule has 0 bridgehead atoms. The summed E-state index contributed by atoms with van der Waals surface area (Å²) in [5.41, 5.74) is 3.34. The van der Waals surface area contributed by atoms with Crippen LogP contribution in [0.5, 0.6) is 5.75 Å². The summed E-state index contributed by atoms with van der Waals surface area (Å²) in [4.78, 5) is 24.2. The third kappa shape index (κ3) is 4.48. The minimum absolute atomic E-state index is 0.126. The maximum Gasteiger partial charge on any atom is 0.244 e. The van der Waals surface area contributed by atoms with Gasteiger partial charge in [0, 0.05) is 17.5 Å². The second-order valence-corrected chi connectivity index (χ2v) is 7.02. The van der Waals surface area contributed by atoms with Crippen molar-refractivity contribution in [3.8, 4) is 17.0 Å². The Kier molecular flexibility index (Phi) is 6.08. The smallest absolute Gasteiger partial charge is 0.244 e. The number of nitrogens with zero attached hydrogens (tertiary/aromatic N) is 3. The molecule has 0 atom stereocenters. The molecule has 0 aliphatic heterocycles. The minimum atomic E-state index is -0.163. The highest BCUT2D eigenvalue weighted by atomic mass is 16.5. The number of fused-ring (bicyclic) bond motifs is 1. The van der Waals surface area contributed by atoms with Crippen LogP contribution < -0.4 is 15.0 Å². The molecule has 6 heteroatoms. The molecule has 1 aromatic heterocycles.